The summed E-state index contributed by atoms with van der Waals surface area (Å²) in [4.78, 5) is 15.5. The Morgan fingerprint density at radius 3 is 2.62 bits per heavy atom. The van der Waals surface area contributed by atoms with Crippen molar-refractivity contribution in [3.63, 3.8) is 0 Å². The molecule has 0 aliphatic heterocycles. The van der Waals surface area contributed by atoms with Crippen LogP contribution in [0, 0.1) is 0 Å². The second-order valence-corrected chi connectivity index (χ2v) is 6.33. The Bertz CT molecular complexity index is 775. The van der Waals surface area contributed by atoms with Crippen molar-refractivity contribution in [2.75, 3.05) is 4.72 Å². The Kier molecular flexibility index (Phi) is 4.59. The molecular formula is C14H13ClN2O3S. The van der Waals surface area contributed by atoms with E-state index in [4.69, 9.17) is 11.6 Å². The molecular weight excluding hydrogens is 312 g/mol. The number of halogens is 1. The lowest BCUT2D eigenvalue weighted by atomic mass is 10.1. The highest BCUT2D eigenvalue weighted by atomic mass is 35.5. The van der Waals surface area contributed by atoms with Crippen molar-refractivity contribution in [1.82, 2.24) is 4.98 Å². The number of hydrogen-bond acceptors (Lipinski definition) is 4. The number of benzene rings is 1. The van der Waals surface area contributed by atoms with E-state index in [0.29, 0.717) is 12.0 Å². The van der Waals surface area contributed by atoms with Crippen molar-refractivity contribution in [2.45, 2.75) is 18.2 Å². The summed E-state index contributed by atoms with van der Waals surface area (Å²) in [6, 6.07) is 10.5. The minimum atomic E-state index is -3.82. The van der Waals surface area contributed by atoms with E-state index < -0.39 is 10.0 Å². The van der Waals surface area contributed by atoms with Crippen molar-refractivity contribution in [3.05, 3.63) is 53.2 Å². The molecule has 0 aliphatic rings. The molecule has 5 nitrogen and oxygen atoms in total. The molecule has 0 unspecified atom stereocenters. The third kappa shape index (κ3) is 3.80. The highest BCUT2D eigenvalue weighted by Crippen LogP contribution is 2.17. The number of anilines is 1. The molecule has 0 aliphatic carbocycles. The number of carbonyl (C=O) groups excluding carboxylic acids is 1. The predicted molar refractivity (Wildman–Crippen MR) is 81.1 cm³/mol. The minimum absolute atomic E-state index is 0.00331. The first-order chi connectivity index (χ1) is 9.92. The molecule has 1 N–H and O–H groups in total. The highest BCUT2D eigenvalue weighted by molar-refractivity contribution is 7.92. The van der Waals surface area contributed by atoms with Crippen LogP contribution in [0.5, 0.6) is 0 Å². The molecule has 0 saturated carbocycles. The van der Waals surface area contributed by atoms with Crippen molar-refractivity contribution in [3.8, 4) is 0 Å². The van der Waals surface area contributed by atoms with Gasteiger partial charge in [-0.2, -0.15) is 0 Å². The van der Waals surface area contributed by atoms with Crippen LogP contribution in [0.4, 0.5) is 5.82 Å². The van der Waals surface area contributed by atoms with Crippen molar-refractivity contribution >= 4 is 33.2 Å². The Hall–Kier alpha value is -1.92. The normalized spacial score (nSPS) is 11.1. The number of nitrogens with zero attached hydrogens (tertiary/aromatic N) is 1. The average molecular weight is 325 g/mol. The van der Waals surface area contributed by atoms with Gasteiger partial charge in [-0.05, 0) is 24.3 Å². The van der Waals surface area contributed by atoms with Gasteiger partial charge in [-0.25, -0.2) is 13.4 Å². The quantitative estimate of drug-likeness (QED) is 0.677. The number of ketones is 1. The first kappa shape index (κ1) is 15.5. The Labute approximate surface area is 128 Å². The monoisotopic (exact) mass is 324 g/mol. The number of pyridine rings is 1. The molecule has 0 radical (unpaired) electrons. The Morgan fingerprint density at radius 2 is 1.95 bits per heavy atom. The molecule has 110 valence electrons. The van der Waals surface area contributed by atoms with Crippen molar-refractivity contribution in [1.29, 1.82) is 0 Å². The van der Waals surface area contributed by atoms with E-state index in [1.807, 2.05) is 0 Å². The van der Waals surface area contributed by atoms with E-state index in [9.17, 15) is 13.2 Å². The first-order valence-electron chi connectivity index (χ1n) is 6.21. The number of Topliss-reactive ketones (excluding diaryl/α,β-unsaturated/α-hetero) is 1. The Balaban J connectivity index is 2.33. The number of nitrogens with one attached hydrogen (secondary N) is 1. The van der Waals surface area contributed by atoms with Gasteiger partial charge in [-0.3, -0.25) is 9.52 Å². The lowest BCUT2D eigenvalue weighted by molar-refractivity contribution is 0.0988. The molecule has 21 heavy (non-hydrogen) atoms. The molecule has 7 heteroatoms. The summed E-state index contributed by atoms with van der Waals surface area (Å²) in [5.74, 6) is 0.00246. The second kappa shape index (κ2) is 6.24. The van der Waals surface area contributed by atoms with Gasteiger partial charge in [0.2, 0.25) is 0 Å². The SMILES string of the molecule is CCC(=O)c1cccc(S(=O)(=O)Nc2cccc(Cl)n2)c1. The fourth-order valence-corrected chi connectivity index (χ4v) is 2.91. The predicted octanol–water partition coefficient (Wildman–Crippen LogP) is 3.13. The standard InChI is InChI=1S/C14H13ClN2O3S/c1-2-12(18)10-5-3-6-11(9-10)21(19,20)17-14-8-4-7-13(15)16-14/h3-9H,2H2,1H3,(H,16,17). The molecule has 2 aromatic rings. The van der Waals surface area contributed by atoms with Gasteiger partial charge >= 0.3 is 0 Å². The summed E-state index contributed by atoms with van der Waals surface area (Å²) >= 11 is 5.71. The van der Waals surface area contributed by atoms with Gasteiger partial charge in [0.25, 0.3) is 10.0 Å². The zero-order valence-electron chi connectivity index (χ0n) is 11.2. The molecule has 0 amide bonds. The fourth-order valence-electron chi connectivity index (χ4n) is 1.70. The van der Waals surface area contributed by atoms with E-state index in [2.05, 4.69) is 9.71 Å². The smallest absolute Gasteiger partial charge is 0.263 e. The van der Waals surface area contributed by atoms with E-state index in [1.165, 1.54) is 24.3 Å². The van der Waals surface area contributed by atoms with Gasteiger partial charge in [0.15, 0.2) is 5.78 Å². The van der Waals surface area contributed by atoms with Gasteiger partial charge in [0.05, 0.1) is 4.90 Å². The molecule has 1 aromatic carbocycles. The van der Waals surface area contributed by atoms with E-state index >= 15 is 0 Å². The summed E-state index contributed by atoms with van der Waals surface area (Å²) in [6.45, 7) is 1.72. The van der Waals surface area contributed by atoms with Crippen LogP contribution >= 0.6 is 11.6 Å². The van der Waals surface area contributed by atoms with Crippen LogP contribution in [0.1, 0.15) is 23.7 Å². The van der Waals surface area contributed by atoms with Gasteiger partial charge in [0, 0.05) is 12.0 Å². The van der Waals surface area contributed by atoms with Crippen LogP contribution in [0.25, 0.3) is 0 Å². The molecule has 1 heterocycles. The maximum atomic E-state index is 12.3. The maximum Gasteiger partial charge on any atom is 0.263 e. The molecule has 0 atom stereocenters. The summed E-state index contributed by atoms with van der Waals surface area (Å²) < 4.78 is 26.9. The van der Waals surface area contributed by atoms with Crippen LogP contribution in [0.15, 0.2) is 47.4 Å². The number of carbonyl (C=O) groups is 1. The third-order valence-corrected chi connectivity index (χ3v) is 4.30. The lowest BCUT2D eigenvalue weighted by Gasteiger charge is -2.08. The molecule has 0 saturated heterocycles. The Morgan fingerprint density at radius 1 is 1.24 bits per heavy atom. The zero-order chi connectivity index (χ0) is 15.5. The van der Waals surface area contributed by atoms with E-state index in [1.54, 1.807) is 25.1 Å². The minimum Gasteiger partial charge on any atom is -0.294 e. The van der Waals surface area contributed by atoms with Crippen LogP contribution in [-0.4, -0.2) is 19.2 Å². The molecule has 2 rings (SSSR count). The third-order valence-electron chi connectivity index (χ3n) is 2.74. The number of sulfonamides is 1. The first-order valence-corrected chi connectivity index (χ1v) is 8.07. The van der Waals surface area contributed by atoms with Crippen LogP contribution in [-0.2, 0) is 10.0 Å². The summed E-state index contributed by atoms with van der Waals surface area (Å²) in [7, 11) is -3.82. The number of hydrogen-bond donors (Lipinski definition) is 1. The van der Waals surface area contributed by atoms with Crippen LogP contribution in [0.3, 0.4) is 0 Å². The van der Waals surface area contributed by atoms with Crippen LogP contribution in [0.2, 0.25) is 5.15 Å². The van der Waals surface area contributed by atoms with Gasteiger partial charge in [-0.15, -0.1) is 0 Å². The van der Waals surface area contributed by atoms with E-state index in [-0.39, 0.29) is 21.6 Å². The zero-order valence-corrected chi connectivity index (χ0v) is 12.8. The van der Waals surface area contributed by atoms with Crippen LogP contribution < -0.4 is 4.72 Å². The number of rotatable bonds is 5. The molecule has 0 spiro atoms. The van der Waals surface area contributed by atoms with Crippen molar-refractivity contribution < 1.29 is 13.2 Å². The van der Waals surface area contributed by atoms with E-state index in [0.717, 1.165) is 0 Å². The van der Waals surface area contributed by atoms with Gasteiger partial charge in [-0.1, -0.05) is 36.7 Å². The fraction of sp³-hybridized carbons (Fsp3) is 0.143. The summed E-state index contributed by atoms with van der Waals surface area (Å²) in [5, 5.41) is 0.185. The second-order valence-electron chi connectivity index (χ2n) is 4.26. The largest absolute Gasteiger partial charge is 0.294 e. The lowest BCUT2D eigenvalue weighted by Crippen LogP contribution is -2.14. The maximum absolute atomic E-state index is 12.3. The summed E-state index contributed by atoms with van der Waals surface area (Å²) in [5.41, 5.74) is 0.361. The van der Waals surface area contributed by atoms with Crippen molar-refractivity contribution in [2.24, 2.45) is 0 Å². The topological polar surface area (TPSA) is 76.1 Å². The van der Waals surface area contributed by atoms with Gasteiger partial charge in [0.1, 0.15) is 11.0 Å². The molecule has 1 aromatic heterocycles. The van der Waals surface area contributed by atoms with Gasteiger partial charge < -0.3 is 0 Å². The average Bonchev–Trinajstić information content (AvgIpc) is 2.46. The molecule has 0 bridgehead atoms. The highest BCUT2D eigenvalue weighted by Gasteiger charge is 2.16. The molecule has 0 fully saturated rings. The summed E-state index contributed by atoms with van der Waals surface area (Å²) in [6.07, 6.45) is 0.312. The number of aromatic nitrogens is 1.